The first-order valence-electron chi connectivity index (χ1n) is 5.84. The van der Waals surface area contributed by atoms with E-state index >= 15 is 0 Å². The predicted molar refractivity (Wildman–Crippen MR) is 63.7 cm³/mol. The lowest BCUT2D eigenvalue weighted by molar-refractivity contribution is -0.126. The number of amides is 1. The summed E-state index contributed by atoms with van der Waals surface area (Å²) in [5, 5.41) is 2.89. The Bertz CT molecular complexity index is 429. The van der Waals surface area contributed by atoms with Crippen LogP contribution in [0, 0.1) is 11.2 Å². The van der Waals surface area contributed by atoms with E-state index in [0.29, 0.717) is 6.54 Å². The van der Waals surface area contributed by atoms with Crippen LogP contribution < -0.4 is 11.1 Å². The molecule has 0 saturated heterocycles. The van der Waals surface area contributed by atoms with Crippen LogP contribution in [0.25, 0.3) is 0 Å². The Balaban J connectivity index is 2.02. The Morgan fingerprint density at radius 1 is 1.59 bits per heavy atom. The quantitative estimate of drug-likeness (QED) is 0.836. The van der Waals surface area contributed by atoms with Crippen LogP contribution in [-0.2, 0) is 4.79 Å². The van der Waals surface area contributed by atoms with Crippen molar-refractivity contribution in [1.29, 1.82) is 0 Å². The summed E-state index contributed by atoms with van der Waals surface area (Å²) in [6.45, 7) is 2.23. The van der Waals surface area contributed by atoms with E-state index in [1.54, 1.807) is 12.1 Å². The molecular weight excluding hydrogens is 219 g/mol. The van der Waals surface area contributed by atoms with Gasteiger partial charge in [-0.15, -0.1) is 0 Å². The summed E-state index contributed by atoms with van der Waals surface area (Å²) in [5.74, 6) is -0.305. The van der Waals surface area contributed by atoms with Gasteiger partial charge in [0.25, 0.3) is 0 Å². The normalized spacial score (nSPS) is 18.5. The summed E-state index contributed by atoms with van der Waals surface area (Å²) in [5.41, 5.74) is 6.00. The number of carbonyl (C=O) groups is 1. The van der Waals surface area contributed by atoms with Crippen molar-refractivity contribution >= 4 is 5.91 Å². The van der Waals surface area contributed by atoms with E-state index in [1.165, 1.54) is 12.1 Å². The number of rotatable bonds is 4. The van der Waals surface area contributed by atoms with Gasteiger partial charge in [0.05, 0.1) is 11.5 Å². The molecule has 17 heavy (non-hydrogen) atoms. The molecule has 1 aromatic carbocycles. The number of benzene rings is 1. The summed E-state index contributed by atoms with van der Waals surface area (Å²) >= 11 is 0. The second-order valence-corrected chi connectivity index (χ2v) is 4.73. The lowest BCUT2D eigenvalue weighted by Gasteiger charge is -2.18. The van der Waals surface area contributed by atoms with Crippen LogP contribution in [-0.4, -0.2) is 12.5 Å². The molecule has 1 aliphatic rings. The Morgan fingerprint density at radius 2 is 2.29 bits per heavy atom. The third-order valence-electron chi connectivity index (χ3n) is 3.42. The maximum Gasteiger partial charge on any atom is 0.227 e. The molecule has 1 aromatic rings. The monoisotopic (exact) mass is 236 g/mol. The van der Waals surface area contributed by atoms with Crippen molar-refractivity contribution < 1.29 is 9.18 Å². The van der Waals surface area contributed by atoms with E-state index in [2.05, 4.69) is 5.32 Å². The van der Waals surface area contributed by atoms with Gasteiger partial charge in [-0.2, -0.15) is 0 Å². The van der Waals surface area contributed by atoms with Crippen molar-refractivity contribution in [1.82, 2.24) is 5.32 Å². The average molecular weight is 236 g/mol. The molecule has 1 aliphatic carbocycles. The van der Waals surface area contributed by atoms with Crippen molar-refractivity contribution in [3.05, 3.63) is 35.6 Å². The number of hydrogen-bond acceptors (Lipinski definition) is 2. The SMILES string of the molecule is C[C@H](NC(=O)C1(CN)CC1)c1cccc(F)c1. The summed E-state index contributed by atoms with van der Waals surface area (Å²) in [4.78, 5) is 11.9. The van der Waals surface area contributed by atoms with Gasteiger partial charge in [0.1, 0.15) is 5.82 Å². The fraction of sp³-hybridized carbons (Fsp3) is 0.462. The lowest BCUT2D eigenvalue weighted by atomic mass is 10.0. The molecule has 0 aliphatic heterocycles. The Morgan fingerprint density at radius 3 is 2.82 bits per heavy atom. The first-order valence-corrected chi connectivity index (χ1v) is 5.84. The van der Waals surface area contributed by atoms with Crippen LogP contribution in [0.2, 0.25) is 0 Å². The zero-order valence-electron chi connectivity index (χ0n) is 9.87. The van der Waals surface area contributed by atoms with Crippen LogP contribution in [0.15, 0.2) is 24.3 Å². The third-order valence-corrected chi connectivity index (χ3v) is 3.42. The average Bonchev–Trinajstić information content (AvgIpc) is 3.09. The number of carbonyl (C=O) groups excluding carboxylic acids is 1. The van der Waals surface area contributed by atoms with Crippen molar-refractivity contribution in [2.24, 2.45) is 11.1 Å². The van der Waals surface area contributed by atoms with E-state index in [-0.39, 0.29) is 23.2 Å². The van der Waals surface area contributed by atoms with Gasteiger partial charge in [-0.3, -0.25) is 4.79 Å². The Labute approximate surface area is 100 Å². The molecule has 92 valence electrons. The second-order valence-electron chi connectivity index (χ2n) is 4.73. The topological polar surface area (TPSA) is 55.1 Å². The number of nitrogens with one attached hydrogen (secondary N) is 1. The highest BCUT2D eigenvalue weighted by molar-refractivity contribution is 5.85. The van der Waals surface area contributed by atoms with Crippen LogP contribution in [0.5, 0.6) is 0 Å². The molecule has 0 heterocycles. The highest BCUT2D eigenvalue weighted by Gasteiger charge is 2.48. The number of hydrogen-bond donors (Lipinski definition) is 2. The van der Waals surface area contributed by atoms with Gasteiger partial charge in [-0.1, -0.05) is 12.1 Å². The van der Waals surface area contributed by atoms with Gasteiger partial charge in [0.2, 0.25) is 5.91 Å². The summed E-state index contributed by atoms with van der Waals surface area (Å²) in [7, 11) is 0. The highest BCUT2D eigenvalue weighted by atomic mass is 19.1. The largest absolute Gasteiger partial charge is 0.349 e. The highest BCUT2D eigenvalue weighted by Crippen LogP contribution is 2.45. The molecule has 2 rings (SSSR count). The van der Waals surface area contributed by atoms with Crippen molar-refractivity contribution in [3.8, 4) is 0 Å². The van der Waals surface area contributed by atoms with Gasteiger partial charge in [0.15, 0.2) is 0 Å². The molecule has 1 atom stereocenters. The molecule has 0 radical (unpaired) electrons. The zero-order chi connectivity index (χ0) is 12.5. The first kappa shape index (κ1) is 12.0. The zero-order valence-corrected chi connectivity index (χ0v) is 9.87. The van der Waals surface area contributed by atoms with E-state index in [9.17, 15) is 9.18 Å². The van der Waals surface area contributed by atoms with Crippen molar-refractivity contribution in [3.63, 3.8) is 0 Å². The van der Waals surface area contributed by atoms with Gasteiger partial charge >= 0.3 is 0 Å². The third kappa shape index (κ3) is 2.47. The molecule has 3 nitrogen and oxygen atoms in total. The Kier molecular flexibility index (Phi) is 3.15. The van der Waals surface area contributed by atoms with E-state index in [4.69, 9.17) is 5.73 Å². The summed E-state index contributed by atoms with van der Waals surface area (Å²) in [6, 6.07) is 6.08. The minimum Gasteiger partial charge on any atom is -0.349 e. The van der Waals surface area contributed by atoms with Crippen molar-refractivity contribution in [2.45, 2.75) is 25.8 Å². The molecule has 3 N–H and O–H groups in total. The number of nitrogens with two attached hydrogens (primary N) is 1. The number of halogens is 1. The molecule has 1 amide bonds. The molecule has 0 spiro atoms. The van der Waals surface area contributed by atoms with Crippen LogP contribution in [0.1, 0.15) is 31.4 Å². The molecule has 1 saturated carbocycles. The molecular formula is C13H17FN2O. The smallest absolute Gasteiger partial charge is 0.227 e. The van der Waals surface area contributed by atoms with Crippen LogP contribution in [0.3, 0.4) is 0 Å². The van der Waals surface area contributed by atoms with E-state index in [0.717, 1.165) is 18.4 Å². The van der Waals surface area contributed by atoms with E-state index < -0.39 is 0 Å². The van der Waals surface area contributed by atoms with Gasteiger partial charge in [0, 0.05) is 6.54 Å². The van der Waals surface area contributed by atoms with Gasteiger partial charge in [-0.25, -0.2) is 4.39 Å². The minimum atomic E-state index is -0.360. The molecule has 0 aromatic heterocycles. The molecule has 4 heteroatoms. The second kappa shape index (κ2) is 4.45. The fourth-order valence-electron chi connectivity index (χ4n) is 1.88. The molecule has 0 unspecified atom stereocenters. The first-order chi connectivity index (χ1) is 8.07. The Hall–Kier alpha value is -1.42. The predicted octanol–water partition coefficient (Wildman–Crippen LogP) is 1.74. The fourth-order valence-corrected chi connectivity index (χ4v) is 1.88. The van der Waals surface area contributed by atoms with Crippen LogP contribution in [0.4, 0.5) is 4.39 Å². The molecule has 1 fully saturated rings. The minimum absolute atomic E-state index is 0.0169. The maximum atomic E-state index is 13.0. The van der Waals surface area contributed by atoms with Gasteiger partial charge < -0.3 is 11.1 Å². The summed E-state index contributed by atoms with van der Waals surface area (Å²) < 4.78 is 13.0. The standard InChI is InChI=1S/C13H17FN2O/c1-9(10-3-2-4-11(14)7-10)16-12(17)13(8-15)5-6-13/h2-4,7,9H,5-6,8,15H2,1H3,(H,16,17)/t9-/m0/s1. The van der Waals surface area contributed by atoms with Gasteiger partial charge in [-0.05, 0) is 37.5 Å². The maximum absolute atomic E-state index is 13.0. The van der Waals surface area contributed by atoms with Crippen molar-refractivity contribution in [2.75, 3.05) is 6.54 Å². The molecule has 0 bridgehead atoms. The lowest BCUT2D eigenvalue weighted by Crippen LogP contribution is -2.37. The summed E-state index contributed by atoms with van der Waals surface area (Å²) in [6.07, 6.45) is 1.70. The van der Waals surface area contributed by atoms with E-state index in [1.807, 2.05) is 6.92 Å². The van der Waals surface area contributed by atoms with Crippen LogP contribution >= 0.6 is 0 Å².